The number of nitriles is 1. The van der Waals surface area contributed by atoms with Crippen LogP contribution in [0.2, 0.25) is 0 Å². The molecular weight excluding hydrogens is 468 g/mol. The molecule has 0 unspecified atom stereocenters. The van der Waals surface area contributed by atoms with Crippen molar-refractivity contribution in [1.29, 1.82) is 5.26 Å². The van der Waals surface area contributed by atoms with Gasteiger partial charge in [-0.25, -0.2) is 0 Å². The van der Waals surface area contributed by atoms with Gasteiger partial charge in [-0.3, -0.25) is 9.36 Å². The Bertz CT molecular complexity index is 1350. The molecule has 1 N–H and O–H groups in total. The lowest BCUT2D eigenvalue weighted by Crippen LogP contribution is -2.18. The first kappa shape index (κ1) is 23.6. The molecule has 4 rings (SSSR count). The number of rotatable bonds is 8. The van der Waals surface area contributed by atoms with Gasteiger partial charge in [0.2, 0.25) is 5.91 Å². The van der Waals surface area contributed by atoms with Gasteiger partial charge < -0.3 is 14.6 Å². The fourth-order valence-electron chi connectivity index (χ4n) is 3.68. The van der Waals surface area contributed by atoms with Crippen molar-refractivity contribution in [3.63, 3.8) is 0 Å². The van der Waals surface area contributed by atoms with Crippen molar-refractivity contribution in [2.75, 3.05) is 18.2 Å². The predicted molar refractivity (Wildman–Crippen MR) is 135 cm³/mol. The Balaban J connectivity index is 1.57. The molecule has 0 radical (unpaired) electrons. The van der Waals surface area contributed by atoms with Gasteiger partial charge in [-0.15, -0.1) is 21.5 Å². The van der Waals surface area contributed by atoms with Gasteiger partial charge in [-0.2, -0.15) is 5.26 Å². The van der Waals surface area contributed by atoms with E-state index in [1.165, 1.54) is 11.8 Å². The number of carbonyl (C=O) groups is 1. The summed E-state index contributed by atoms with van der Waals surface area (Å²) in [5, 5.41) is 24.0. The van der Waals surface area contributed by atoms with E-state index in [1.54, 1.807) is 18.4 Å². The Morgan fingerprint density at radius 1 is 1.24 bits per heavy atom. The zero-order valence-electron chi connectivity index (χ0n) is 19.3. The molecule has 0 bridgehead atoms. The number of aromatic nitrogens is 4. The lowest BCUT2D eigenvalue weighted by atomic mass is 10.2. The summed E-state index contributed by atoms with van der Waals surface area (Å²) in [6.45, 7) is 6.54. The minimum absolute atomic E-state index is 0.138. The largest absolute Gasteiger partial charge is 0.497 e. The summed E-state index contributed by atoms with van der Waals surface area (Å²) in [7, 11) is 1.61. The fourth-order valence-corrected chi connectivity index (χ4v) is 5.20. The molecule has 1 amide bonds. The van der Waals surface area contributed by atoms with E-state index in [4.69, 9.17) is 4.74 Å². The Morgan fingerprint density at radius 3 is 2.62 bits per heavy atom. The first-order valence-corrected chi connectivity index (χ1v) is 12.5. The van der Waals surface area contributed by atoms with Crippen molar-refractivity contribution in [3.05, 3.63) is 58.6 Å². The van der Waals surface area contributed by atoms with E-state index in [9.17, 15) is 10.1 Å². The number of anilines is 1. The number of hydrogen-bond acceptors (Lipinski definition) is 7. The van der Waals surface area contributed by atoms with Crippen LogP contribution in [0.5, 0.6) is 5.75 Å². The second kappa shape index (κ2) is 10.2. The van der Waals surface area contributed by atoms with Crippen LogP contribution in [0, 0.1) is 25.2 Å². The summed E-state index contributed by atoms with van der Waals surface area (Å²) in [4.78, 5) is 14.0. The molecule has 0 atom stereocenters. The van der Waals surface area contributed by atoms with Crippen LogP contribution in [0.25, 0.3) is 16.4 Å². The Morgan fingerprint density at radius 2 is 2.00 bits per heavy atom. The van der Waals surface area contributed by atoms with E-state index in [0.717, 1.165) is 33.4 Å². The standard InChI is InChI=1S/C24H24N6O2S2/c1-5-29-23(20-7-6-12-33-20)27-28-24(29)34-14-21(31)26-22-19(13-25)15(2)16(3)30(22)17-8-10-18(32-4)11-9-17/h6-12H,5,14H2,1-4H3,(H,26,31). The highest BCUT2D eigenvalue weighted by molar-refractivity contribution is 7.99. The van der Waals surface area contributed by atoms with Gasteiger partial charge in [0.05, 0.1) is 23.3 Å². The summed E-state index contributed by atoms with van der Waals surface area (Å²) < 4.78 is 9.14. The number of nitrogens with zero attached hydrogens (tertiary/aromatic N) is 5. The maximum absolute atomic E-state index is 13.0. The molecule has 34 heavy (non-hydrogen) atoms. The van der Waals surface area contributed by atoms with E-state index in [2.05, 4.69) is 21.6 Å². The maximum Gasteiger partial charge on any atom is 0.236 e. The van der Waals surface area contributed by atoms with E-state index in [0.29, 0.717) is 23.1 Å². The predicted octanol–water partition coefficient (Wildman–Crippen LogP) is 5.05. The van der Waals surface area contributed by atoms with E-state index in [-0.39, 0.29) is 11.7 Å². The summed E-state index contributed by atoms with van der Waals surface area (Å²) in [6, 6.07) is 13.7. The molecule has 3 heterocycles. The number of amides is 1. The molecule has 1 aromatic carbocycles. The van der Waals surface area contributed by atoms with Crippen LogP contribution in [0.15, 0.2) is 46.9 Å². The lowest BCUT2D eigenvalue weighted by Gasteiger charge is -2.14. The van der Waals surface area contributed by atoms with E-state index in [1.807, 2.05) is 71.7 Å². The molecular formula is C24H24N6O2S2. The molecule has 8 nitrogen and oxygen atoms in total. The van der Waals surface area contributed by atoms with E-state index >= 15 is 0 Å². The molecule has 0 aliphatic rings. The van der Waals surface area contributed by atoms with Crippen LogP contribution in [-0.4, -0.2) is 38.1 Å². The Hall–Kier alpha value is -3.55. The molecule has 0 saturated carbocycles. The summed E-state index contributed by atoms with van der Waals surface area (Å²) in [6.07, 6.45) is 0. The third kappa shape index (κ3) is 4.44. The SMILES string of the molecule is CCn1c(SCC(=O)Nc2c(C#N)c(C)c(C)n2-c2ccc(OC)cc2)nnc1-c1cccs1. The first-order chi connectivity index (χ1) is 16.5. The van der Waals surface area contributed by atoms with Crippen molar-refractivity contribution in [1.82, 2.24) is 19.3 Å². The van der Waals surface area contributed by atoms with Gasteiger partial charge >= 0.3 is 0 Å². The molecule has 174 valence electrons. The third-order valence-electron chi connectivity index (χ3n) is 5.52. The number of ether oxygens (including phenoxy) is 1. The summed E-state index contributed by atoms with van der Waals surface area (Å²) in [5.41, 5.74) is 2.99. The second-order valence-electron chi connectivity index (χ2n) is 7.44. The normalized spacial score (nSPS) is 10.8. The Labute approximate surface area is 206 Å². The first-order valence-electron chi connectivity index (χ1n) is 10.6. The van der Waals surface area contributed by atoms with E-state index < -0.39 is 0 Å². The number of nitrogens with one attached hydrogen (secondary N) is 1. The van der Waals surface area contributed by atoms with Crippen molar-refractivity contribution in [2.45, 2.75) is 32.5 Å². The van der Waals surface area contributed by atoms with Crippen LogP contribution >= 0.6 is 23.1 Å². The average molecular weight is 493 g/mol. The number of thiophene rings is 1. The fraction of sp³-hybridized carbons (Fsp3) is 0.250. The molecule has 10 heteroatoms. The number of hydrogen-bond donors (Lipinski definition) is 1. The lowest BCUT2D eigenvalue weighted by molar-refractivity contribution is -0.113. The van der Waals surface area contributed by atoms with Gasteiger partial charge in [0, 0.05) is 17.9 Å². The third-order valence-corrected chi connectivity index (χ3v) is 7.35. The number of thioether (sulfide) groups is 1. The van der Waals surface area contributed by atoms with Gasteiger partial charge in [0.25, 0.3) is 0 Å². The van der Waals surface area contributed by atoms with Gasteiger partial charge in [0.15, 0.2) is 11.0 Å². The van der Waals surface area contributed by atoms with Crippen molar-refractivity contribution in [3.8, 4) is 28.2 Å². The monoisotopic (exact) mass is 492 g/mol. The molecule has 0 aliphatic heterocycles. The zero-order chi connectivity index (χ0) is 24.2. The van der Waals surface area contributed by atoms with Crippen molar-refractivity contribution >= 4 is 34.8 Å². The summed E-state index contributed by atoms with van der Waals surface area (Å²) in [5.74, 6) is 1.91. The second-order valence-corrected chi connectivity index (χ2v) is 9.33. The van der Waals surface area contributed by atoms with Crippen molar-refractivity contribution in [2.24, 2.45) is 0 Å². The van der Waals surface area contributed by atoms with Crippen LogP contribution in [0.4, 0.5) is 5.82 Å². The van der Waals surface area contributed by atoms with Crippen LogP contribution in [0.3, 0.4) is 0 Å². The maximum atomic E-state index is 13.0. The smallest absolute Gasteiger partial charge is 0.236 e. The number of carbonyl (C=O) groups excluding carboxylic acids is 1. The molecule has 0 saturated heterocycles. The molecule has 0 aliphatic carbocycles. The summed E-state index contributed by atoms with van der Waals surface area (Å²) >= 11 is 2.92. The molecule has 0 fully saturated rings. The average Bonchev–Trinajstić information content (AvgIpc) is 3.57. The molecule has 4 aromatic rings. The van der Waals surface area contributed by atoms with Crippen LogP contribution in [-0.2, 0) is 11.3 Å². The molecule has 0 spiro atoms. The van der Waals surface area contributed by atoms with Crippen LogP contribution in [0.1, 0.15) is 23.7 Å². The number of benzene rings is 1. The highest BCUT2D eigenvalue weighted by atomic mass is 32.2. The zero-order valence-corrected chi connectivity index (χ0v) is 21.0. The van der Waals surface area contributed by atoms with Gasteiger partial charge in [0.1, 0.15) is 17.6 Å². The van der Waals surface area contributed by atoms with Gasteiger partial charge in [-0.05, 0) is 62.0 Å². The van der Waals surface area contributed by atoms with Crippen LogP contribution < -0.4 is 10.1 Å². The molecule has 3 aromatic heterocycles. The van der Waals surface area contributed by atoms with Gasteiger partial charge in [-0.1, -0.05) is 17.8 Å². The number of methoxy groups -OCH3 is 1. The Kier molecular flexibility index (Phi) is 7.05. The highest BCUT2D eigenvalue weighted by Gasteiger charge is 2.22. The van der Waals surface area contributed by atoms with Crippen molar-refractivity contribution < 1.29 is 9.53 Å². The minimum Gasteiger partial charge on any atom is -0.497 e. The highest BCUT2D eigenvalue weighted by Crippen LogP contribution is 2.31. The topological polar surface area (TPSA) is 97.8 Å². The minimum atomic E-state index is -0.225. The quantitative estimate of drug-likeness (QED) is 0.346.